The zero-order chi connectivity index (χ0) is 11.6. The van der Waals surface area contributed by atoms with E-state index in [2.05, 4.69) is 0 Å². The van der Waals surface area contributed by atoms with Gasteiger partial charge in [-0.2, -0.15) is 0 Å². The molecule has 0 fully saturated rings. The van der Waals surface area contributed by atoms with Crippen molar-refractivity contribution in [3.63, 3.8) is 0 Å². The molecule has 0 atom stereocenters. The summed E-state index contributed by atoms with van der Waals surface area (Å²) in [7, 11) is -3.58. The largest absolute Gasteiger partial charge is 0.498 e. The van der Waals surface area contributed by atoms with Crippen molar-refractivity contribution in [2.45, 2.75) is 4.90 Å². The second kappa shape index (κ2) is 4.13. The van der Waals surface area contributed by atoms with Gasteiger partial charge in [0.25, 0.3) is 10.0 Å². The summed E-state index contributed by atoms with van der Waals surface area (Å²) < 4.78 is 42.7. The molecule has 0 spiro atoms. The predicted octanol–water partition coefficient (Wildman–Crippen LogP) is 1.32. The summed E-state index contributed by atoms with van der Waals surface area (Å²) in [6.45, 7) is 0.577. The topological polar surface area (TPSA) is 46.6 Å². The molecule has 1 aliphatic rings. The Bertz CT molecular complexity index is 495. The third kappa shape index (κ3) is 2.01. The van der Waals surface area contributed by atoms with Crippen molar-refractivity contribution >= 4 is 10.0 Å². The lowest BCUT2D eigenvalue weighted by molar-refractivity contribution is 0.207. The van der Waals surface area contributed by atoms with Crippen molar-refractivity contribution in [2.75, 3.05) is 13.2 Å². The lowest BCUT2D eigenvalue weighted by Gasteiger charge is -2.22. The first kappa shape index (κ1) is 10.9. The van der Waals surface area contributed by atoms with E-state index >= 15 is 0 Å². The summed E-state index contributed by atoms with van der Waals surface area (Å²) >= 11 is 0. The molecule has 0 unspecified atom stereocenters. The molecule has 4 nitrogen and oxygen atoms in total. The molecule has 86 valence electrons. The number of nitrogens with zero attached hydrogens (tertiary/aromatic N) is 1. The van der Waals surface area contributed by atoms with Crippen molar-refractivity contribution in [1.82, 2.24) is 4.31 Å². The van der Waals surface area contributed by atoms with Gasteiger partial charge in [-0.05, 0) is 24.3 Å². The summed E-state index contributed by atoms with van der Waals surface area (Å²) in [5.74, 6) is -0.462. The van der Waals surface area contributed by atoms with Crippen LogP contribution in [-0.2, 0) is 14.8 Å². The molecule has 1 aromatic carbocycles. The zero-order valence-corrected chi connectivity index (χ0v) is 9.15. The zero-order valence-electron chi connectivity index (χ0n) is 8.34. The van der Waals surface area contributed by atoms with Gasteiger partial charge in [-0.25, -0.2) is 12.8 Å². The highest BCUT2D eigenvalue weighted by atomic mass is 32.2. The van der Waals surface area contributed by atoms with Crippen molar-refractivity contribution < 1.29 is 17.5 Å². The summed E-state index contributed by atoms with van der Waals surface area (Å²) in [6, 6.07) is 4.73. The maximum Gasteiger partial charge on any atom is 0.264 e. The van der Waals surface area contributed by atoms with Gasteiger partial charge in [0.2, 0.25) is 0 Å². The first-order chi connectivity index (χ1) is 7.60. The van der Waals surface area contributed by atoms with Crippen molar-refractivity contribution in [3.05, 3.63) is 42.5 Å². The minimum Gasteiger partial charge on any atom is -0.498 e. The highest BCUT2D eigenvalue weighted by Crippen LogP contribution is 2.17. The molecule has 1 heterocycles. The number of sulfonamides is 1. The molecule has 0 amide bonds. The second-order valence-electron chi connectivity index (χ2n) is 3.23. The molecular formula is C10H10FNO3S. The molecular weight excluding hydrogens is 233 g/mol. The smallest absolute Gasteiger partial charge is 0.264 e. The fraction of sp³-hybridized carbons (Fsp3) is 0.200. The van der Waals surface area contributed by atoms with Gasteiger partial charge in [0.05, 0.1) is 23.9 Å². The van der Waals surface area contributed by atoms with Crippen LogP contribution in [0.4, 0.5) is 4.39 Å². The van der Waals surface area contributed by atoms with Crippen molar-refractivity contribution in [2.24, 2.45) is 0 Å². The standard InChI is InChI=1S/C10H10FNO3S/c11-9-1-3-10(4-2-9)16(13,14)12-5-7-15-8-6-12/h1-5,7H,6,8H2. The van der Waals surface area contributed by atoms with Gasteiger partial charge >= 0.3 is 0 Å². The minimum atomic E-state index is -3.58. The van der Waals surface area contributed by atoms with Crippen molar-refractivity contribution in [1.29, 1.82) is 0 Å². The Labute approximate surface area is 93.0 Å². The molecule has 1 aliphatic heterocycles. The molecule has 0 bridgehead atoms. The SMILES string of the molecule is O=S(=O)(c1ccc(F)cc1)N1C=COCC1. The van der Waals surface area contributed by atoms with Gasteiger partial charge in [-0.1, -0.05) is 0 Å². The fourth-order valence-corrected chi connectivity index (χ4v) is 2.61. The highest BCUT2D eigenvalue weighted by molar-refractivity contribution is 7.89. The predicted molar refractivity (Wildman–Crippen MR) is 55.4 cm³/mol. The fourth-order valence-electron chi connectivity index (χ4n) is 1.34. The number of rotatable bonds is 2. The first-order valence-corrected chi connectivity index (χ1v) is 6.10. The Balaban J connectivity index is 2.34. The Hall–Kier alpha value is -1.56. The molecule has 1 aromatic rings. The quantitative estimate of drug-likeness (QED) is 0.787. The van der Waals surface area contributed by atoms with E-state index in [0.29, 0.717) is 6.61 Å². The monoisotopic (exact) mass is 243 g/mol. The van der Waals surface area contributed by atoms with Crippen LogP contribution in [0, 0.1) is 5.82 Å². The van der Waals surface area contributed by atoms with Crippen LogP contribution in [0.3, 0.4) is 0 Å². The van der Waals surface area contributed by atoms with E-state index in [1.165, 1.54) is 28.9 Å². The van der Waals surface area contributed by atoms with E-state index in [-0.39, 0.29) is 11.4 Å². The maximum absolute atomic E-state index is 12.7. The molecule has 0 N–H and O–H groups in total. The summed E-state index contributed by atoms with van der Waals surface area (Å²) in [4.78, 5) is 0.0699. The van der Waals surface area contributed by atoms with Gasteiger partial charge < -0.3 is 4.74 Å². The number of halogens is 1. The molecule has 0 aromatic heterocycles. The van der Waals surface area contributed by atoms with Crippen LogP contribution in [0.5, 0.6) is 0 Å². The summed E-state index contributed by atoms with van der Waals surface area (Å²) in [5.41, 5.74) is 0. The van der Waals surface area contributed by atoms with Crippen LogP contribution in [0.1, 0.15) is 0 Å². The second-order valence-corrected chi connectivity index (χ2v) is 5.12. The third-order valence-corrected chi connectivity index (χ3v) is 3.96. The number of hydrogen-bond donors (Lipinski definition) is 0. The van der Waals surface area contributed by atoms with E-state index in [1.807, 2.05) is 0 Å². The Morgan fingerprint density at radius 1 is 1.25 bits per heavy atom. The molecule has 0 aliphatic carbocycles. The first-order valence-electron chi connectivity index (χ1n) is 4.66. The number of benzene rings is 1. The van der Waals surface area contributed by atoms with Crippen LogP contribution >= 0.6 is 0 Å². The third-order valence-electron chi connectivity index (χ3n) is 2.17. The van der Waals surface area contributed by atoms with E-state index in [1.54, 1.807) is 0 Å². The van der Waals surface area contributed by atoms with Gasteiger partial charge in [-0.15, -0.1) is 0 Å². The van der Waals surface area contributed by atoms with Gasteiger partial charge in [0.1, 0.15) is 12.4 Å². The van der Waals surface area contributed by atoms with Gasteiger partial charge in [0, 0.05) is 0 Å². The minimum absolute atomic E-state index is 0.0699. The molecule has 0 saturated heterocycles. The van der Waals surface area contributed by atoms with Crippen LogP contribution in [0.2, 0.25) is 0 Å². The lowest BCUT2D eigenvalue weighted by atomic mass is 10.4. The van der Waals surface area contributed by atoms with Crippen LogP contribution in [0.25, 0.3) is 0 Å². The van der Waals surface area contributed by atoms with Crippen LogP contribution in [0.15, 0.2) is 41.6 Å². The van der Waals surface area contributed by atoms with E-state index in [0.717, 1.165) is 12.1 Å². The summed E-state index contributed by atoms with van der Waals surface area (Å²) in [6.07, 6.45) is 2.67. The Kier molecular flexibility index (Phi) is 2.82. The van der Waals surface area contributed by atoms with Crippen LogP contribution in [-0.4, -0.2) is 25.9 Å². The van der Waals surface area contributed by atoms with Gasteiger partial charge in [0.15, 0.2) is 0 Å². The van der Waals surface area contributed by atoms with Crippen LogP contribution < -0.4 is 0 Å². The molecule has 0 radical (unpaired) electrons. The molecule has 2 rings (SSSR count). The maximum atomic E-state index is 12.7. The normalized spacial score (nSPS) is 15.9. The van der Waals surface area contributed by atoms with E-state index in [9.17, 15) is 12.8 Å². The van der Waals surface area contributed by atoms with E-state index < -0.39 is 15.8 Å². The number of hydrogen-bond acceptors (Lipinski definition) is 3. The van der Waals surface area contributed by atoms with Crippen molar-refractivity contribution in [3.8, 4) is 0 Å². The highest BCUT2D eigenvalue weighted by Gasteiger charge is 2.22. The average Bonchev–Trinajstić information content (AvgIpc) is 2.31. The Morgan fingerprint density at radius 2 is 1.94 bits per heavy atom. The average molecular weight is 243 g/mol. The molecule has 6 heteroatoms. The Morgan fingerprint density at radius 3 is 2.50 bits per heavy atom. The molecule has 16 heavy (non-hydrogen) atoms. The van der Waals surface area contributed by atoms with E-state index in [4.69, 9.17) is 4.74 Å². The number of ether oxygens (including phenoxy) is 1. The molecule has 0 saturated carbocycles. The van der Waals surface area contributed by atoms with Gasteiger partial charge in [-0.3, -0.25) is 4.31 Å². The lowest BCUT2D eigenvalue weighted by Crippen LogP contribution is -2.31. The summed E-state index contributed by atoms with van der Waals surface area (Å²) in [5, 5.41) is 0.